The van der Waals surface area contributed by atoms with E-state index in [1.165, 1.54) is 12.8 Å². The number of ketones is 1. The summed E-state index contributed by atoms with van der Waals surface area (Å²) in [7, 11) is 0. The predicted molar refractivity (Wildman–Crippen MR) is 68.6 cm³/mol. The Balaban J connectivity index is 2.40. The van der Waals surface area contributed by atoms with Gasteiger partial charge in [0.25, 0.3) is 0 Å². The highest BCUT2D eigenvalue weighted by Crippen LogP contribution is 2.01. The Kier molecular flexibility index (Phi) is 5.94. The molecule has 1 rings (SSSR count). The van der Waals surface area contributed by atoms with Crippen LogP contribution in [0.15, 0.2) is 54.6 Å². The van der Waals surface area contributed by atoms with Gasteiger partial charge in [0.15, 0.2) is 5.78 Å². The molecule has 1 aromatic rings. The number of carbonyl (C=O) groups excluding carboxylic acids is 1. The molecule has 0 aliphatic heterocycles. The van der Waals surface area contributed by atoms with E-state index in [1.54, 1.807) is 6.08 Å². The normalized spacial score (nSPS) is 11.3. The van der Waals surface area contributed by atoms with Crippen molar-refractivity contribution in [3.05, 3.63) is 60.2 Å². The fraction of sp³-hybridized carbons (Fsp3) is 0.267. The van der Waals surface area contributed by atoms with Crippen LogP contribution < -0.4 is 0 Å². The van der Waals surface area contributed by atoms with E-state index in [2.05, 4.69) is 13.0 Å². The van der Waals surface area contributed by atoms with Gasteiger partial charge in [0.2, 0.25) is 0 Å². The summed E-state index contributed by atoms with van der Waals surface area (Å²) >= 11 is 0. The van der Waals surface area contributed by atoms with Crippen molar-refractivity contribution >= 4 is 5.78 Å². The van der Waals surface area contributed by atoms with Crippen LogP contribution in [0.25, 0.3) is 0 Å². The minimum atomic E-state index is 0.0562. The molecule has 0 aromatic heterocycles. The van der Waals surface area contributed by atoms with E-state index < -0.39 is 0 Å². The van der Waals surface area contributed by atoms with Crippen LogP contribution in [0, 0.1) is 0 Å². The zero-order valence-electron chi connectivity index (χ0n) is 9.73. The lowest BCUT2D eigenvalue weighted by molar-refractivity contribution is 0.104. The molecule has 0 heterocycles. The zero-order valence-corrected chi connectivity index (χ0v) is 9.73. The Hall–Kier alpha value is -1.63. The third-order valence-electron chi connectivity index (χ3n) is 2.28. The number of benzene rings is 1. The van der Waals surface area contributed by atoms with Crippen LogP contribution in [0.1, 0.15) is 36.5 Å². The predicted octanol–water partition coefficient (Wildman–Crippen LogP) is 4.17. The summed E-state index contributed by atoms with van der Waals surface area (Å²) in [5, 5.41) is 0. The lowest BCUT2D eigenvalue weighted by atomic mass is 10.1. The van der Waals surface area contributed by atoms with Gasteiger partial charge in [-0.25, -0.2) is 0 Å². The van der Waals surface area contributed by atoms with E-state index in [1.807, 2.05) is 42.5 Å². The van der Waals surface area contributed by atoms with Crippen molar-refractivity contribution in [2.24, 2.45) is 0 Å². The van der Waals surface area contributed by atoms with Gasteiger partial charge >= 0.3 is 0 Å². The first kappa shape index (κ1) is 12.4. The number of hydrogen-bond acceptors (Lipinski definition) is 1. The Bertz CT molecular complexity index is 360. The summed E-state index contributed by atoms with van der Waals surface area (Å²) in [6.45, 7) is 2.17. The third-order valence-corrected chi connectivity index (χ3v) is 2.28. The summed E-state index contributed by atoms with van der Waals surface area (Å²) < 4.78 is 0. The van der Waals surface area contributed by atoms with Crippen molar-refractivity contribution in [3.8, 4) is 0 Å². The van der Waals surface area contributed by atoms with E-state index in [4.69, 9.17) is 0 Å². The van der Waals surface area contributed by atoms with Gasteiger partial charge in [-0.1, -0.05) is 68.3 Å². The number of rotatable bonds is 6. The van der Waals surface area contributed by atoms with Crippen LogP contribution >= 0.6 is 0 Å². The van der Waals surface area contributed by atoms with Crippen molar-refractivity contribution in [2.45, 2.75) is 26.2 Å². The maximum atomic E-state index is 11.6. The molecular weight excluding hydrogens is 196 g/mol. The molecule has 0 N–H and O–H groups in total. The van der Waals surface area contributed by atoms with E-state index in [9.17, 15) is 4.79 Å². The molecule has 0 aliphatic carbocycles. The lowest BCUT2D eigenvalue weighted by Gasteiger charge is -1.92. The molecule has 0 radical (unpaired) electrons. The van der Waals surface area contributed by atoms with Gasteiger partial charge in [-0.3, -0.25) is 4.79 Å². The maximum Gasteiger partial charge on any atom is 0.185 e. The van der Waals surface area contributed by atoms with Crippen molar-refractivity contribution < 1.29 is 4.79 Å². The molecule has 0 fully saturated rings. The topological polar surface area (TPSA) is 17.1 Å². The molecule has 1 heteroatoms. The Labute approximate surface area is 97.5 Å². The highest BCUT2D eigenvalue weighted by atomic mass is 16.1. The molecule has 84 valence electrons. The van der Waals surface area contributed by atoms with Crippen LogP contribution in [0.2, 0.25) is 0 Å². The average molecular weight is 214 g/mol. The summed E-state index contributed by atoms with van der Waals surface area (Å²) in [5.41, 5.74) is 0.737. The Morgan fingerprint density at radius 3 is 2.62 bits per heavy atom. The molecule has 0 unspecified atom stereocenters. The number of hydrogen-bond donors (Lipinski definition) is 0. The first-order valence-electron chi connectivity index (χ1n) is 5.77. The highest BCUT2D eigenvalue weighted by molar-refractivity contribution is 6.04. The van der Waals surface area contributed by atoms with Gasteiger partial charge in [-0.2, -0.15) is 0 Å². The largest absolute Gasteiger partial charge is 0.289 e. The average Bonchev–Trinajstić information content (AvgIpc) is 2.34. The number of unbranched alkanes of at least 4 members (excludes halogenated alkanes) is 2. The first-order valence-corrected chi connectivity index (χ1v) is 5.77. The van der Waals surface area contributed by atoms with E-state index in [-0.39, 0.29) is 5.78 Å². The van der Waals surface area contributed by atoms with Crippen LogP contribution in [0.3, 0.4) is 0 Å². The second-order valence-electron chi connectivity index (χ2n) is 3.66. The van der Waals surface area contributed by atoms with Gasteiger partial charge in [0, 0.05) is 5.56 Å². The molecule has 0 aliphatic rings. The van der Waals surface area contributed by atoms with Gasteiger partial charge in [0.05, 0.1) is 0 Å². The molecule has 0 spiro atoms. The smallest absolute Gasteiger partial charge is 0.185 e. The standard InChI is InChI=1S/C15H18O/c1-2-3-4-5-6-10-13-15(16)14-11-8-7-9-12-14/h5-13H,2-4H2,1H3/b6-5+,13-10+. The van der Waals surface area contributed by atoms with E-state index in [0.29, 0.717) is 0 Å². The molecule has 0 bridgehead atoms. The third kappa shape index (κ3) is 4.74. The van der Waals surface area contributed by atoms with Gasteiger partial charge < -0.3 is 0 Å². The highest BCUT2D eigenvalue weighted by Gasteiger charge is 1.97. The molecule has 0 saturated heterocycles. The van der Waals surface area contributed by atoms with Crippen LogP contribution in [-0.4, -0.2) is 5.78 Å². The fourth-order valence-electron chi connectivity index (χ4n) is 1.34. The second kappa shape index (κ2) is 7.63. The molecule has 16 heavy (non-hydrogen) atoms. The van der Waals surface area contributed by atoms with Crippen molar-refractivity contribution in [2.75, 3.05) is 0 Å². The Morgan fingerprint density at radius 2 is 1.94 bits per heavy atom. The van der Waals surface area contributed by atoms with Gasteiger partial charge in [-0.05, 0) is 12.5 Å². The fourth-order valence-corrected chi connectivity index (χ4v) is 1.34. The van der Waals surface area contributed by atoms with Crippen molar-refractivity contribution in [1.29, 1.82) is 0 Å². The van der Waals surface area contributed by atoms with Gasteiger partial charge in [-0.15, -0.1) is 0 Å². The summed E-state index contributed by atoms with van der Waals surface area (Å²) in [5.74, 6) is 0.0562. The van der Waals surface area contributed by atoms with Crippen molar-refractivity contribution in [1.82, 2.24) is 0 Å². The second-order valence-corrected chi connectivity index (χ2v) is 3.66. The summed E-state index contributed by atoms with van der Waals surface area (Å²) in [6.07, 6.45) is 11.0. The molecule has 1 aromatic carbocycles. The lowest BCUT2D eigenvalue weighted by Crippen LogP contribution is -1.92. The van der Waals surface area contributed by atoms with Crippen molar-refractivity contribution in [3.63, 3.8) is 0 Å². The maximum absolute atomic E-state index is 11.6. The van der Waals surface area contributed by atoms with Crippen LogP contribution in [0.5, 0.6) is 0 Å². The summed E-state index contributed by atoms with van der Waals surface area (Å²) in [6, 6.07) is 9.31. The minimum absolute atomic E-state index is 0.0562. The zero-order chi connectivity index (χ0) is 11.6. The minimum Gasteiger partial charge on any atom is -0.289 e. The van der Waals surface area contributed by atoms with Gasteiger partial charge in [0.1, 0.15) is 0 Å². The van der Waals surface area contributed by atoms with E-state index in [0.717, 1.165) is 12.0 Å². The van der Waals surface area contributed by atoms with Crippen LogP contribution in [-0.2, 0) is 0 Å². The summed E-state index contributed by atoms with van der Waals surface area (Å²) in [4.78, 5) is 11.6. The molecule has 0 atom stereocenters. The first-order chi connectivity index (χ1) is 7.84. The molecule has 0 saturated carbocycles. The monoisotopic (exact) mass is 214 g/mol. The van der Waals surface area contributed by atoms with Crippen LogP contribution in [0.4, 0.5) is 0 Å². The molecule has 1 nitrogen and oxygen atoms in total. The quantitative estimate of drug-likeness (QED) is 0.300. The Morgan fingerprint density at radius 1 is 1.19 bits per heavy atom. The molecular formula is C15H18O. The number of allylic oxidation sites excluding steroid dienone is 4. The SMILES string of the molecule is CCCC/C=C/C=C/C(=O)c1ccccc1. The van der Waals surface area contributed by atoms with E-state index >= 15 is 0 Å². The number of carbonyl (C=O) groups is 1. The molecule has 0 amide bonds.